The van der Waals surface area contributed by atoms with E-state index in [1.165, 1.54) is 24.4 Å². The smallest absolute Gasteiger partial charge is 0.427 e. The number of hydrogen-bond donors (Lipinski definition) is 2. The number of carbonyl (C=O) groups excluding carboxylic acids is 3. The summed E-state index contributed by atoms with van der Waals surface area (Å²) in [4.78, 5) is 56.5. The van der Waals surface area contributed by atoms with Crippen LogP contribution in [0.2, 0.25) is 5.02 Å². The van der Waals surface area contributed by atoms with Crippen molar-refractivity contribution >= 4 is 47.0 Å². The fourth-order valence-corrected chi connectivity index (χ4v) is 4.86. The highest BCUT2D eigenvalue weighted by Gasteiger charge is 2.43. The molecule has 1 aromatic heterocycles. The van der Waals surface area contributed by atoms with Crippen molar-refractivity contribution in [3.63, 3.8) is 0 Å². The van der Waals surface area contributed by atoms with Crippen molar-refractivity contribution in [1.29, 1.82) is 0 Å². The van der Waals surface area contributed by atoms with Crippen LogP contribution in [0.25, 0.3) is 0 Å². The first kappa shape index (κ1) is 31.6. The summed E-state index contributed by atoms with van der Waals surface area (Å²) in [5.74, 6) is -2.44. The number of imide groups is 1. The summed E-state index contributed by atoms with van der Waals surface area (Å²) in [5, 5.41) is 11.8. The number of amides is 3. The number of pyridine rings is 1. The Kier molecular flexibility index (Phi) is 9.19. The van der Waals surface area contributed by atoms with Crippen molar-refractivity contribution in [3.8, 4) is 5.75 Å². The van der Waals surface area contributed by atoms with Gasteiger partial charge in [0.15, 0.2) is 11.6 Å². The first-order valence-corrected chi connectivity index (χ1v) is 14.1. The van der Waals surface area contributed by atoms with Gasteiger partial charge in [0.25, 0.3) is 5.91 Å². The van der Waals surface area contributed by atoms with Gasteiger partial charge < -0.3 is 19.9 Å². The number of aromatic nitrogens is 1. The van der Waals surface area contributed by atoms with Crippen LogP contribution in [0.5, 0.6) is 5.75 Å². The third-order valence-electron chi connectivity index (χ3n) is 7.48. The molecule has 3 amide bonds. The molecule has 0 spiro atoms. The van der Waals surface area contributed by atoms with Crippen molar-refractivity contribution in [1.82, 2.24) is 10.3 Å². The molecule has 5 rings (SSSR count). The molecular weight excluding hydrogens is 583 g/mol. The lowest BCUT2D eigenvalue weighted by atomic mass is 9.89. The fourth-order valence-electron chi connectivity index (χ4n) is 4.67. The average Bonchev–Trinajstić information content (AvgIpc) is 3.65. The molecule has 3 aliphatic rings. The van der Waals surface area contributed by atoms with E-state index >= 15 is 0 Å². The molecule has 3 heterocycles. The number of aromatic carboxylic acids is 1. The lowest BCUT2D eigenvalue weighted by molar-refractivity contribution is -0.124. The molecule has 1 saturated carbocycles. The minimum absolute atomic E-state index is 0.00184. The van der Waals surface area contributed by atoms with E-state index in [-0.39, 0.29) is 57.2 Å². The highest BCUT2D eigenvalue weighted by molar-refractivity contribution is 6.32. The van der Waals surface area contributed by atoms with E-state index in [4.69, 9.17) is 26.2 Å². The third-order valence-corrected chi connectivity index (χ3v) is 7.78. The van der Waals surface area contributed by atoms with Crippen molar-refractivity contribution in [3.05, 3.63) is 63.9 Å². The molecule has 2 N–H and O–H groups in total. The van der Waals surface area contributed by atoms with Gasteiger partial charge in [-0.15, -0.1) is 0 Å². The van der Waals surface area contributed by atoms with Crippen molar-refractivity contribution < 1.29 is 38.1 Å². The van der Waals surface area contributed by atoms with Crippen LogP contribution in [-0.4, -0.2) is 51.4 Å². The Balaban J connectivity index is 0.000000203. The summed E-state index contributed by atoms with van der Waals surface area (Å²) in [6, 6.07) is 5.29. The largest absolute Gasteiger partial charge is 0.489 e. The maximum absolute atomic E-state index is 14.3. The predicted octanol–water partition coefficient (Wildman–Crippen LogP) is 5.65. The second-order valence-corrected chi connectivity index (χ2v) is 11.4. The Hall–Kier alpha value is -4.32. The number of carboxylic acids is 1. The number of amidine groups is 1. The molecule has 0 radical (unpaired) electrons. The number of benzene rings is 1. The zero-order valence-corrected chi connectivity index (χ0v) is 25.1. The van der Waals surface area contributed by atoms with Gasteiger partial charge in [-0.2, -0.15) is 0 Å². The Labute approximate surface area is 252 Å². The van der Waals surface area contributed by atoms with Crippen LogP contribution in [0.4, 0.5) is 14.9 Å². The van der Waals surface area contributed by atoms with Gasteiger partial charge in [-0.25, -0.2) is 23.9 Å². The van der Waals surface area contributed by atoms with E-state index < -0.39 is 29.3 Å². The summed E-state index contributed by atoms with van der Waals surface area (Å²) in [6.07, 6.45) is 4.47. The monoisotopic (exact) mass is 614 g/mol. The van der Waals surface area contributed by atoms with Gasteiger partial charge in [0, 0.05) is 12.3 Å². The molecule has 1 unspecified atom stereocenters. The maximum atomic E-state index is 14.3. The molecule has 1 aromatic carbocycles. The summed E-state index contributed by atoms with van der Waals surface area (Å²) in [5.41, 5.74) is -0.364. The molecule has 1 atom stereocenters. The van der Waals surface area contributed by atoms with Crippen molar-refractivity contribution in [2.75, 3.05) is 4.90 Å². The number of carbonyl (C=O) groups is 4. The van der Waals surface area contributed by atoms with Crippen LogP contribution in [0.1, 0.15) is 76.4 Å². The Morgan fingerprint density at radius 1 is 1.23 bits per heavy atom. The molecule has 1 saturated heterocycles. The minimum atomic E-state index is -1.10. The van der Waals surface area contributed by atoms with Crippen LogP contribution in [0.3, 0.4) is 0 Å². The number of allylic oxidation sites excluding steroid dienone is 1. The predicted molar refractivity (Wildman–Crippen MR) is 156 cm³/mol. The van der Waals surface area contributed by atoms with Gasteiger partial charge in [-0.1, -0.05) is 25.4 Å². The van der Waals surface area contributed by atoms with Crippen LogP contribution < -0.4 is 15.0 Å². The molecule has 2 aliphatic heterocycles. The van der Waals surface area contributed by atoms with E-state index in [1.807, 2.05) is 13.8 Å². The van der Waals surface area contributed by atoms with Crippen LogP contribution in [-0.2, 0) is 14.3 Å². The van der Waals surface area contributed by atoms with Gasteiger partial charge in [-0.05, 0) is 76.1 Å². The number of halogens is 2. The number of hydrogen-bond acceptors (Lipinski definition) is 8. The van der Waals surface area contributed by atoms with Crippen LogP contribution >= 0.6 is 11.6 Å². The molecule has 43 heavy (non-hydrogen) atoms. The molecule has 2 fully saturated rings. The van der Waals surface area contributed by atoms with Crippen molar-refractivity contribution in [2.45, 2.75) is 71.9 Å². The number of anilines is 1. The second-order valence-electron chi connectivity index (χ2n) is 11.0. The molecule has 11 nitrogen and oxygen atoms in total. The second kappa shape index (κ2) is 12.5. The Morgan fingerprint density at radius 3 is 2.47 bits per heavy atom. The standard InChI is InChI=1S/C17H17ClFNO4.C13H15N3O3/c1-9(2)15-16(21)20(17(22)24-15)13-8-14(11(18)7-12(13)19)23-10-5-3-4-6-10;1-7(2)13(3)12(19)15-10(16-13)9-8(11(17)18)5-4-6-14-9/h7-8,10H,3-6H2,1-2H3;4-7H,1-3H3,(H,17,18)(H,15,16,19). The number of ether oxygens (including phenoxy) is 2. The molecular formula is C30H32ClFN4O7. The van der Waals surface area contributed by atoms with E-state index in [0.717, 1.165) is 31.7 Å². The summed E-state index contributed by atoms with van der Waals surface area (Å²) in [6.45, 7) is 8.78. The summed E-state index contributed by atoms with van der Waals surface area (Å²) in [7, 11) is 0. The number of carboxylic acid groups (broad SMARTS) is 1. The lowest BCUT2D eigenvalue weighted by Crippen LogP contribution is -2.41. The van der Waals surface area contributed by atoms with E-state index in [9.17, 15) is 23.6 Å². The maximum Gasteiger partial charge on any atom is 0.427 e. The average molecular weight is 615 g/mol. The topological polar surface area (TPSA) is 147 Å². The first-order chi connectivity index (χ1) is 20.2. The van der Waals surface area contributed by atoms with Gasteiger partial charge in [0.1, 0.15) is 22.8 Å². The summed E-state index contributed by atoms with van der Waals surface area (Å²) >= 11 is 6.04. The van der Waals surface area contributed by atoms with Crippen LogP contribution in [0.15, 0.2) is 46.8 Å². The lowest BCUT2D eigenvalue weighted by Gasteiger charge is -2.21. The zero-order chi connectivity index (χ0) is 31.6. The molecule has 0 bridgehead atoms. The number of rotatable bonds is 6. The van der Waals surface area contributed by atoms with Gasteiger partial charge in [-0.3, -0.25) is 14.6 Å². The quantitative estimate of drug-likeness (QED) is 0.397. The van der Waals surface area contributed by atoms with Gasteiger partial charge in [0.2, 0.25) is 0 Å². The molecule has 228 valence electrons. The van der Waals surface area contributed by atoms with Crippen LogP contribution in [0, 0.1) is 11.7 Å². The SMILES string of the molecule is CC(C)=C1OC(=O)N(c2cc(OC3CCCC3)c(Cl)cc2F)C1=O.CC(C)C1(C)N=C(c2ncccc2C(=O)O)NC1=O. The Bertz CT molecular complexity index is 1550. The number of aliphatic imine (C=N–C) groups is 1. The highest BCUT2D eigenvalue weighted by atomic mass is 35.5. The summed E-state index contributed by atoms with van der Waals surface area (Å²) < 4.78 is 25.1. The molecule has 2 aromatic rings. The Morgan fingerprint density at radius 2 is 1.91 bits per heavy atom. The van der Waals surface area contributed by atoms with Crippen molar-refractivity contribution in [2.24, 2.45) is 10.9 Å². The van der Waals surface area contributed by atoms with E-state index in [2.05, 4.69) is 15.3 Å². The van der Waals surface area contributed by atoms with E-state index in [0.29, 0.717) is 10.5 Å². The normalized spacial score (nSPS) is 20.1. The number of nitrogens with one attached hydrogen (secondary N) is 1. The molecule has 1 aliphatic carbocycles. The van der Waals surface area contributed by atoms with E-state index in [1.54, 1.807) is 20.8 Å². The third kappa shape index (κ3) is 6.38. The molecule has 13 heteroatoms. The first-order valence-electron chi connectivity index (χ1n) is 13.7. The fraction of sp³-hybridized carbons (Fsp3) is 0.400. The highest BCUT2D eigenvalue weighted by Crippen LogP contribution is 2.37. The number of cyclic esters (lactones) is 1. The minimum Gasteiger partial charge on any atom is -0.489 e. The van der Waals surface area contributed by atoms with Gasteiger partial charge >= 0.3 is 18.0 Å². The van der Waals surface area contributed by atoms with Gasteiger partial charge in [0.05, 0.1) is 22.4 Å². The zero-order valence-electron chi connectivity index (χ0n) is 24.4. The number of nitrogens with zero attached hydrogens (tertiary/aromatic N) is 3.